The average molecular weight is 263 g/mol. The lowest BCUT2D eigenvalue weighted by Gasteiger charge is -2.16. The molecule has 0 spiro atoms. The Morgan fingerprint density at radius 3 is 3.05 bits per heavy atom. The van der Waals surface area contributed by atoms with Crippen LogP contribution in [0.3, 0.4) is 0 Å². The Hall–Kier alpha value is -1.62. The van der Waals surface area contributed by atoms with Gasteiger partial charge in [0.1, 0.15) is 5.69 Å². The van der Waals surface area contributed by atoms with E-state index < -0.39 is 0 Å². The van der Waals surface area contributed by atoms with Gasteiger partial charge < -0.3 is 15.0 Å². The number of amides is 1. The maximum atomic E-state index is 12.3. The molecule has 19 heavy (non-hydrogen) atoms. The summed E-state index contributed by atoms with van der Waals surface area (Å²) in [6.07, 6.45) is 2.72. The number of anilines is 1. The lowest BCUT2D eigenvalue weighted by atomic mass is 10.1. The molecule has 0 bridgehead atoms. The molecule has 1 unspecified atom stereocenters. The summed E-state index contributed by atoms with van der Waals surface area (Å²) in [4.78, 5) is 18.4. The molecule has 0 radical (unpaired) electrons. The van der Waals surface area contributed by atoms with Crippen LogP contribution in [-0.4, -0.2) is 49.1 Å². The molecule has 1 aromatic rings. The second-order valence-corrected chi connectivity index (χ2v) is 4.82. The van der Waals surface area contributed by atoms with E-state index in [1.807, 2.05) is 17.9 Å². The molecule has 0 saturated carbocycles. The molecule has 1 N–H and O–H groups in total. The van der Waals surface area contributed by atoms with Crippen molar-refractivity contribution in [1.29, 1.82) is 0 Å². The fourth-order valence-electron chi connectivity index (χ4n) is 2.38. The third-order valence-corrected chi connectivity index (χ3v) is 3.34. The molecule has 1 aromatic heterocycles. The van der Waals surface area contributed by atoms with Crippen LogP contribution in [0.5, 0.6) is 0 Å². The van der Waals surface area contributed by atoms with Gasteiger partial charge in [0, 0.05) is 32.7 Å². The van der Waals surface area contributed by atoms with Gasteiger partial charge in [0.25, 0.3) is 5.91 Å². The van der Waals surface area contributed by atoms with E-state index in [4.69, 9.17) is 4.74 Å². The molecular weight excluding hydrogens is 242 g/mol. The largest absolute Gasteiger partial charge is 0.384 e. The minimum atomic E-state index is 0.0154. The van der Waals surface area contributed by atoms with E-state index in [9.17, 15) is 4.79 Å². The molecule has 5 heteroatoms. The Labute approximate surface area is 114 Å². The van der Waals surface area contributed by atoms with Gasteiger partial charge in [-0.05, 0) is 25.5 Å². The van der Waals surface area contributed by atoms with Crippen LogP contribution in [0.1, 0.15) is 23.8 Å². The number of likely N-dealkylation sites (tertiary alicyclic amines) is 1. The molecule has 104 valence electrons. The summed E-state index contributed by atoms with van der Waals surface area (Å²) >= 11 is 0. The Bertz CT molecular complexity index is 419. The summed E-state index contributed by atoms with van der Waals surface area (Å²) in [5.41, 5.74) is 1.46. The zero-order valence-electron chi connectivity index (χ0n) is 11.6. The van der Waals surface area contributed by atoms with Crippen molar-refractivity contribution >= 4 is 11.6 Å². The Morgan fingerprint density at radius 1 is 1.58 bits per heavy atom. The number of methoxy groups -OCH3 is 1. The molecule has 1 aliphatic rings. The zero-order valence-corrected chi connectivity index (χ0v) is 11.6. The molecule has 1 fully saturated rings. The van der Waals surface area contributed by atoms with Crippen molar-refractivity contribution in [3.05, 3.63) is 24.0 Å². The Kier molecular flexibility index (Phi) is 4.74. The standard InChI is InChI=1S/C14H21N3O2/c1-3-15-12-4-5-13(16-8-12)14(18)17-7-6-11(9-17)10-19-2/h4-5,8,11,15H,3,6-7,9-10H2,1-2H3. The summed E-state index contributed by atoms with van der Waals surface area (Å²) in [7, 11) is 1.70. The minimum Gasteiger partial charge on any atom is -0.384 e. The van der Waals surface area contributed by atoms with Crippen molar-refractivity contribution in [2.75, 3.05) is 38.7 Å². The number of carbonyl (C=O) groups excluding carboxylic acids is 1. The van der Waals surface area contributed by atoms with E-state index in [1.165, 1.54) is 0 Å². The van der Waals surface area contributed by atoms with Gasteiger partial charge in [0.15, 0.2) is 0 Å². The predicted molar refractivity (Wildman–Crippen MR) is 74.3 cm³/mol. The molecule has 2 rings (SSSR count). The Morgan fingerprint density at radius 2 is 2.42 bits per heavy atom. The first kappa shape index (κ1) is 13.8. The van der Waals surface area contributed by atoms with Crippen LogP contribution >= 0.6 is 0 Å². The van der Waals surface area contributed by atoms with Gasteiger partial charge in [0.2, 0.25) is 0 Å². The van der Waals surface area contributed by atoms with Crippen molar-refractivity contribution in [3.63, 3.8) is 0 Å². The van der Waals surface area contributed by atoms with Gasteiger partial charge in [-0.1, -0.05) is 0 Å². The maximum Gasteiger partial charge on any atom is 0.272 e. The van der Waals surface area contributed by atoms with Crippen molar-refractivity contribution in [2.45, 2.75) is 13.3 Å². The highest BCUT2D eigenvalue weighted by atomic mass is 16.5. The summed E-state index contributed by atoms with van der Waals surface area (Å²) in [5.74, 6) is 0.469. The van der Waals surface area contributed by atoms with E-state index in [-0.39, 0.29) is 5.91 Å². The number of hydrogen-bond acceptors (Lipinski definition) is 4. The van der Waals surface area contributed by atoms with E-state index in [0.717, 1.165) is 38.3 Å². The predicted octanol–water partition coefficient (Wildman–Crippen LogP) is 1.62. The monoisotopic (exact) mass is 263 g/mol. The number of pyridine rings is 1. The first-order valence-corrected chi connectivity index (χ1v) is 6.72. The molecule has 1 aliphatic heterocycles. The fraction of sp³-hybridized carbons (Fsp3) is 0.571. The molecular formula is C14H21N3O2. The first-order chi connectivity index (χ1) is 9.24. The number of nitrogens with one attached hydrogen (secondary N) is 1. The van der Waals surface area contributed by atoms with Crippen molar-refractivity contribution in [2.24, 2.45) is 5.92 Å². The highest BCUT2D eigenvalue weighted by Gasteiger charge is 2.27. The molecule has 2 heterocycles. The van der Waals surface area contributed by atoms with Gasteiger partial charge in [-0.2, -0.15) is 0 Å². The van der Waals surface area contributed by atoms with Crippen LogP contribution in [0.25, 0.3) is 0 Å². The highest BCUT2D eigenvalue weighted by molar-refractivity contribution is 5.92. The van der Waals surface area contributed by atoms with Gasteiger partial charge in [0.05, 0.1) is 18.5 Å². The van der Waals surface area contributed by atoms with Crippen LogP contribution in [0.2, 0.25) is 0 Å². The van der Waals surface area contributed by atoms with Crippen molar-refractivity contribution < 1.29 is 9.53 Å². The summed E-state index contributed by atoms with van der Waals surface area (Å²) in [5, 5.41) is 3.16. The SMILES string of the molecule is CCNc1ccc(C(=O)N2CCC(COC)C2)nc1. The highest BCUT2D eigenvalue weighted by Crippen LogP contribution is 2.18. The molecule has 5 nitrogen and oxygen atoms in total. The summed E-state index contributed by atoms with van der Waals surface area (Å²) in [6, 6.07) is 3.68. The van der Waals surface area contributed by atoms with E-state index in [1.54, 1.807) is 19.4 Å². The number of aromatic nitrogens is 1. The third kappa shape index (κ3) is 3.44. The number of nitrogens with zero attached hydrogens (tertiary/aromatic N) is 2. The van der Waals surface area contributed by atoms with Crippen LogP contribution < -0.4 is 5.32 Å². The van der Waals surface area contributed by atoms with E-state index in [2.05, 4.69) is 10.3 Å². The van der Waals surface area contributed by atoms with E-state index in [0.29, 0.717) is 11.6 Å². The summed E-state index contributed by atoms with van der Waals surface area (Å²) in [6.45, 7) is 5.16. The zero-order chi connectivity index (χ0) is 13.7. The quantitative estimate of drug-likeness (QED) is 0.877. The number of rotatable bonds is 5. The van der Waals surface area contributed by atoms with Crippen LogP contribution in [-0.2, 0) is 4.74 Å². The average Bonchev–Trinajstić information content (AvgIpc) is 2.88. The van der Waals surface area contributed by atoms with Gasteiger partial charge >= 0.3 is 0 Å². The first-order valence-electron chi connectivity index (χ1n) is 6.72. The third-order valence-electron chi connectivity index (χ3n) is 3.34. The summed E-state index contributed by atoms with van der Waals surface area (Å²) < 4.78 is 5.14. The molecule has 0 aliphatic carbocycles. The van der Waals surface area contributed by atoms with E-state index >= 15 is 0 Å². The molecule has 1 atom stereocenters. The lowest BCUT2D eigenvalue weighted by molar-refractivity contribution is 0.0770. The topological polar surface area (TPSA) is 54.5 Å². The number of hydrogen-bond donors (Lipinski definition) is 1. The van der Waals surface area contributed by atoms with Gasteiger partial charge in [-0.15, -0.1) is 0 Å². The molecule has 1 saturated heterocycles. The van der Waals surface area contributed by atoms with Crippen molar-refractivity contribution in [3.8, 4) is 0 Å². The maximum absolute atomic E-state index is 12.3. The minimum absolute atomic E-state index is 0.0154. The van der Waals surface area contributed by atoms with Crippen LogP contribution in [0.15, 0.2) is 18.3 Å². The van der Waals surface area contributed by atoms with Crippen LogP contribution in [0, 0.1) is 5.92 Å². The second kappa shape index (κ2) is 6.52. The molecule has 1 amide bonds. The molecule has 0 aromatic carbocycles. The number of carbonyl (C=O) groups is 1. The van der Waals surface area contributed by atoms with Gasteiger partial charge in [-0.3, -0.25) is 4.79 Å². The smallest absolute Gasteiger partial charge is 0.272 e. The lowest BCUT2D eigenvalue weighted by Crippen LogP contribution is -2.29. The normalized spacial score (nSPS) is 18.6. The Balaban J connectivity index is 1.96. The fourth-order valence-corrected chi connectivity index (χ4v) is 2.38. The number of ether oxygens (including phenoxy) is 1. The van der Waals surface area contributed by atoms with Crippen molar-refractivity contribution in [1.82, 2.24) is 9.88 Å². The second-order valence-electron chi connectivity index (χ2n) is 4.82. The van der Waals surface area contributed by atoms with Crippen LogP contribution in [0.4, 0.5) is 5.69 Å². The van der Waals surface area contributed by atoms with Gasteiger partial charge in [-0.25, -0.2) is 4.98 Å².